The summed E-state index contributed by atoms with van der Waals surface area (Å²) in [5, 5.41) is 4.95. The van der Waals surface area contributed by atoms with Crippen LogP contribution < -0.4 is 5.32 Å². The second-order valence-corrected chi connectivity index (χ2v) is 7.95. The van der Waals surface area contributed by atoms with E-state index in [9.17, 15) is 14.4 Å². The topological polar surface area (TPSA) is 92.3 Å². The molecule has 4 atom stereocenters. The number of hydrogen-bond acceptors (Lipinski definition) is 6. The maximum absolute atomic E-state index is 12.6. The summed E-state index contributed by atoms with van der Waals surface area (Å²) in [7, 11) is 0. The lowest BCUT2D eigenvalue weighted by atomic mass is 9.85. The van der Waals surface area contributed by atoms with Gasteiger partial charge in [-0.2, -0.15) is 0 Å². The number of nitrogens with one attached hydrogen (secondary N) is 1. The lowest BCUT2D eigenvalue weighted by Gasteiger charge is -2.16. The minimum absolute atomic E-state index is 0.144. The monoisotopic (exact) mass is 380 g/mol. The summed E-state index contributed by atoms with van der Waals surface area (Å²) in [5.74, 6) is -1.12. The number of aromatic nitrogens is 2. The molecule has 0 spiro atoms. The van der Waals surface area contributed by atoms with E-state index in [1.165, 1.54) is 11.3 Å². The van der Waals surface area contributed by atoms with Gasteiger partial charge in [0.15, 0.2) is 5.13 Å². The van der Waals surface area contributed by atoms with E-state index in [4.69, 9.17) is 0 Å². The van der Waals surface area contributed by atoms with Gasteiger partial charge in [-0.1, -0.05) is 12.2 Å². The standard InChI is InChI=1S/C19H16N4O3S/c24-14(22-19-21-13(9-27-19)12-2-1-5-20-7-12)8-23-17(25)15-10-3-4-11(6-10)16(15)18(23)26/h1-5,7,9-11,15-16H,6,8H2,(H,21,22,24). The van der Waals surface area contributed by atoms with E-state index >= 15 is 0 Å². The molecule has 0 aromatic carbocycles. The fourth-order valence-electron chi connectivity index (χ4n) is 4.40. The van der Waals surface area contributed by atoms with Gasteiger partial charge in [0, 0.05) is 23.3 Å². The number of amides is 3. The van der Waals surface area contributed by atoms with Gasteiger partial charge in [-0.3, -0.25) is 24.3 Å². The highest BCUT2D eigenvalue weighted by atomic mass is 32.1. The van der Waals surface area contributed by atoms with Crippen molar-refractivity contribution in [2.45, 2.75) is 6.42 Å². The fourth-order valence-corrected chi connectivity index (χ4v) is 5.14. The molecule has 7 nitrogen and oxygen atoms in total. The molecule has 2 aromatic rings. The van der Waals surface area contributed by atoms with Gasteiger partial charge in [0.25, 0.3) is 0 Å². The highest BCUT2D eigenvalue weighted by Gasteiger charge is 2.59. The van der Waals surface area contributed by atoms with E-state index in [2.05, 4.69) is 15.3 Å². The van der Waals surface area contributed by atoms with Crippen molar-refractivity contribution in [1.82, 2.24) is 14.9 Å². The Balaban J connectivity index is 1.26. The van der Waals surface area contributed by atoms with Crippen LogP contribution in [0.3, 0.4) is 0 Å². The molecule has 3 amide bonds. The molecule has 2 aromatic heterocycles. The molecule has 1 saturated carbocycles. The van der Waals surface area contributed by atoms with E-state index in [1.54, 1.807) is 12.4 Å². The third-order valence-electron chi connectivity index (χ3n) is 5.57. The zero-order chi connectivity index (χ0) is 18.5. The molecule has 136 valence electrons. The van der Waals surface area contributed by atoms with Crippen LogP contribution in [-0.2, 0) is 14.4 Å². The van der Waals surface area contributed by atoms with Crippen LogP contribution in [0.2, 0.25) is 0 Å². The van der Waals surface area contributed by atoms with E-state index in [-0.39, 0.29) is 42.0 Å². The Morgan fingerprint density at radius 1 is 1.22 bits per heavy atom. The zero-order valence-corrected chi connectivity index (χ0v) is 15.1. The number of carbonyl (C=O) groups is 3. The first kappa shape index (κ1) is 16.3. The Bertz CT molecular complexity index is 940. The van der Waals surface area contributed by atoms with Crippen LogP contribution in [0.1, 0.15) is 6.42 Å². The smallest absolute Gasteiger partial charge is 0.246 e. The number of hydrogen-bond donors (Lipinski definition) is 1. The number of rotatable bonds is 4. The summed E-state index contributed by atoms with van der Waals surface area (Å²) in [6.45, 7) is -0.258. The minimum Gasteiger partial charge on any atom is -0.300 e. The van der Waals surface area contributed by atoms with Gasteiger partial charge < -0.3 is 5.32 Å². The molecule has 1 aliphatic heterocycles. The number of thiazole rings is 1. The molecule has 3 aliphatic rings. The first-order valence-electron chi connectivity index (χ1n) is 8.81. The SMILES string of the molecule is O=C(CN1C(=O)C2C3C=CC(C3)C2C1=O)Nc1nc(-c2cccnc2)cs1. The van der Waals surface area contributed by atoms with Gasteiger partial charge in [-0.15, -0.1) is 11.3 Å². The number of carbonyl (C=O) groups excluding carboxylic acids is 3. The molecule has 8 heteroatoms. The van der Waals surface area contributed by atoms with Crippen LogP contribution in [-0.4, -0.2) is 39.1 Å². The summed E-state index contributed by atoms with van der Waals surface area (Å²) in [6, 6.07) is 3.70. The largest absolute Gasteiger partial charge is 0.300 e. The Kier molecular flexibility index (Phi) is 3.68. The summed E-state index contributed by atoms with van der Waals surface area (Å²) < 4.78 is 0. The molecule has 2 aliphatic carbocycles. The lowest BCUT2D eigenvalue weighted by Crippen LogP contribution is -2.39. The Labute approximate surface area is 159 Å². The quantitative estimate of drug-likeness (QED) is 0.647. The van der Waals surface area contributed by atoms with Crippen molar-refractivity contribution >= 4 is 34.2 Å². The average molecular weight is 380 g/mol. The zero-order valence-electron chi connectivity index (χ0n) is 14.2. The summed E-state index contributed by atoms with van der Waals surface area (Å²) >= 11 is 1.29. The Hall–Kier alpha value is -2.87. The maximum atomic E-state index is 12.6. The van der Waals surface area contributed by atoms with Crippen LogP contribution in [0.5, 0.6) is 0 Å². The molecule has 3 heterocycles. The third-order valence-corrected chi connectivity index (χ3v) is 6.33. The van der Waals surface area contributed by atoms with Gasteiger partial charge in [0.05, 0.1) is 17.5 Å². The normalized spacial score (nSPS) is 28.1. The number of allylic oxidation sites excluding steroid dienone is 2. The number of nitrogens with zero attached hydrogens (tertiary/aromatic N) is 3. The van der Waals surface area contributed by atoms with Crippen molar-refractivity contribution < 1.29 is 14.4 Å². The average Bonchev–Trinajstić information content (AvgIpc) is 3.44. The molecule has 2 bridgehead atoms. The molecule has 1 saturated heterocycles. The summed E-state index contributed by atoms with van der Waals surface area (Å²) in [4.78, 5) is 47.2. The molecule has 0 radical (unpaired) electrons. The van der Waals surface area contributed by atoms with Gasteiger partial charge in [-0.25, -0.2) is 4.98 Å². The first-order chi connectivity index (χ1) is 13.1. The predicted molar refractivity (Wildman–Crippen MR) is 98.4 cm³/mol. The molecule has 4 unspecified atom stereocenters. The first-order valence-corrected chi connectivity index (χ1v) is 9.69. The fraction of sp³-hybridized carbons (Fsp3) is 0.316. The summed E-state index contributed by atoms with van der Waals surface area (Å²) in [5.41, 5.74) is 1.57. The molecule has 2 fully saturated rings. The van der Waals surface area contributed by atoms with Gasteiger partial charge in [0.2, 0.25) is 17.7 Å². The van der Waals surface area contributed by atoms with E-state index in [0.29, 0.717) is 10.8 Å². The molecular weight excluding hydrogens is 364 g/mol. The Morgan fingerprint density at radius 2 is 1.96 bits per heavy atom. The predicted octanol–water partition coefficient (Wildman–Crippen LogP) is 1.95. The number of anilines is 1. The van der Waals surface area contributed by atoms with Crippen LogP contribution in [0.4, 0.5) is 5.13 Å². The van der Waals surface area contributed by atoms with Crippen molar-refractivity contribution in [2.75, 3.05) is 11.9 Å². The minimum atomic E-state index is -0.413. The van der Waals surface area contributed by atoms with E-state index in [1.807, 2.05) is 29.7 Å². The van der Waals surface area contributed by atoms with Gasteiger partial charge >= 0.3 is 0 Å². The van der Waals surface area contributed by atoms with E-state index < -0.39 is 5.91 Å². The molecule has 27 heavy (non-hydrogen) atoms. The van der Waals surface area contributed by atoms with E-state index in [0.717, 1.165) is 16.9 Å². The van der Waals surface area contributed by atoms with Crippen LogP contribution >= 0.6 is 11.3 Å². The molecule has 1 N–H and O–H groups in total. The van der Waals surface area contributed by atoms with Crippen molar-refractivity contribution in [3.05, 3.63) is 42.1 Å². The highest BCUT2D eigenvalue weighted by molar-refractivity contribution is 7.14. The number of fused-ring (bicyclic) bond motifs is 5. The van der Waals surface area contributed by atoms with Crippen molar-refractivity contribution in [3.63, 3.8) is 0 Å². The van der Waals surface area contributed by atoms with Gasteiger partial charge in [-0.05, 0) is 30.4 Å². The number of imide groups is 1. The maximum Gasteiger partial charge on any atom is 0.246 e. The van der Waals surface area contributed by atoms with Gasteiger partial charge in [0.1, 0.15) is 6.54 Å². The number of likely N-dealkylation sites (tertiary alicyclic amines) is 1. The number of pyridine rings is 1. The van der Waals surface area contributed by atoms with Crippen molar-refractivity contribution in [1.29, 1.82) is 0 Å². The Morgan fingerprint density at radius 3 is 2.63 bits per heavy atom. The van der Waals surface area contributed by atoms with Crippen LogP contribution in [0.15, 0.2) is 42.1 Å². The van der Waals surface area contributed by atoms with Crippen molar-refractivity contribution in [2.24, 2.45) is 23.7 Å². The lowest BCUT2D eigenvalue weighted by molar-refractivity contribution is -0.143. The molecular formula is C19H16N4O3S. The third kappa shape index (κ3) is 2.59. The van der Waals surface area contributed by atoms with Crippen molar-refractivity contribution in [3.8, 4) is 11.3 Å². The molecule has 5 rings (SSSR count). The second kappa shape index (κ2) is 6.09. The summed E-state index contributed by atoms with van der Waals surface area (Å²) in [6.07, 6.45) is 8.33. The highest BCUT2D eigenvalue weighted by Crippen LogP contribution is 2.52. The van der Waals surface area contributed by atoms with Crippen LogP contribution in [0.25, 0.3) is 11.3 Å². The van der Waals surface area contributed by atoms with Crippen LogP contribution in [0, 0.1) is 23.7 Å². The second-order valence-electron chi connectivity index (χ2n) is 7.09.